The molecule has 2 atom stereocenters. The number of benzene rings is 1. The van der Waals surface area contributed by atoms with Gasteiger partial charge in [0.1, 0.15) is 11.6 Å². The molecule has 7 nitrogen and oxygen atoms in total. The maximum atomic E-state index is 14.5. The van der Waals surface area contributed by atoms with Crippen molar-refractivity contribution in [2.24, 2.45) is 10.7 Å². The lowest BCUT2D eigenvalue weighted by molar-refractivity contribution is -0.128. The molecule has 11 heteroatoms. The topological polar surface area (TPSA) is 88.2 Å². The minimum atomic E-state index is -0.589. The van der Waals surface area contributed by atoms with E-state index in [0.717, 1.165) is 18.3 Å². The summed E-state index contributed by atoms with van der Waals surface area (Å²) in [7, 11) is 1.99. The van der Waals surface area contributed by atoms with E-state index in [1.165, 1.54) is 18.2 Å². The van der Waals surface area contributed by atoms with E-state index in [-0.39, 0.29) is 50.9 Å². The van der Waals surface area contributed by atoms with E-state index in [9.17, 15) is 14.0 Å². The van der Waals surface area contributed by atoms with Crippen LogP contribution in [0.3, 0.4) is 0 Å². The van der Waals surface area contributed by atoms with Gasteiger partial charge in [-0.2, -0.15) is 0 Å². The number of nitrogens with zero attached hydrogens (tertiary/aromatic N) is 3. The molecule has 1 aromatic carbocycles. The summed E-state index contributed by atoms with van der Waals surface area (Å²) in [5, 5.41) is -0.0423. The lowest BCUT2D eigenvalue weighted by Gasteiger charge is -2.39. The smallest absolute Gasteiger partial charge is 0.246 e. The van der Waals surface area contributed by atoms with Crippen LogP contribution < -0.4 is 10.5 Å². The van der Waals surface area contributed by atoms with Gasteiger partial charge in [-0.25, -0.2) is 9.38 Å². The van der Waals surface area contributed by atoms with Crippen LogP contribution in [0.1, 0.15) is 22.3 Å². The van der Waals surface area contributed by atoms with Gasteiger partial charge in [-0.05, 0) is 43.8 Å². The predicted octanol–water partition coefficient (Wildman–Crippen LogP) is 4.47. The van der Waals surface area contributed by atoms with Gasteiger partial charge in [0.25, 0.3) is 0 Å². The summed E-state index contributed by atoms with van der Waals surface area (Å²) < 4.78 is 20.5. The van der Waals surface area contributed by atoms with Crippen LogP contribution >= 0.6 is 35.0 Å². The number of amides is 1. The standard InChI is InChI=1S/C25H25Cl2FN4O3S/c1-3-21(34)32-8-7-31(2)15(12-32)6-9-35-24-14(13-33)10-17(26)22(23(24)27)16-4-5-18(28)20-11-19(16)30-25(29)36-20/h3-5,10-11,13,15,20H,1,6-9,12H2,2H3,(H2,29,30). The number of likely N-dealkylation sites (N-methyl/N-ethyl adjacent to an activating group) is 1. The second-order valence-corrected chi connectivity index (χ2v) is 10.5. The number of nitrogens with two attached hydrogens (primary N) is 1. The molecule has 4 rings (SSSR count). The third-order valence-electron chi connectivity index (χ3n) is 6.30. The lowest BCUT2D eigenvalue weighted by atomic mass is 9.99. The number of allylic oxidation sites excluding steroid dienone is 3. The maximum absolute atomic E-state index is 14.5. The van der Waals surface area contributed by atoms with Crippen molar-refractivity contribution >= 4 is 57.9 Å². The number of amidine groups is 1. The first-order valence-electron chi connectivity index (χ1n) is 11.3. The Kier molecular flexibility index (Phi) is 8.24. The second kappa shape index (κ2) is 11.2. The van der Waals surface area contributed by atoms with Gasteiger partial charge in [0.15, 0.2) is 11.5 Å². The zero-order valence-corrected chi connectivity index (χ0v) is 21.9. The van der Waals surface area contributed by atoms with E-state index in [2.05, 4.69) is 16.5 Å². The lowest BCUT2D eigenvalue weighted by Crippen LogP contribution is -2.53. The first-order chi connectivity index (χ1) is 17.2. The molecule has 1 fully saturated rings. The molecule has 1 amide bonds. The zero-order chi connectivity index (χ0) is 26.0. The molecule has 2 aliphatic heterocycles. The van der Waals surface area contributed by atoms with Crippen molar-refractivity contribution in [2.45, 2.75) is 17.7 Å². The molecule has 1 aromatic rings. The Morgan fingerprint density at radius 3 is 2.89 bits per heavy atom. The maximum Gasteiger partial charge on any atom is 0.246 e. The number of halogens is 3. The minimum Gasteiger partial charge on any atom is -0.491 e. The van der Waals surface area contributed by atoms with Gasteiger partial charge in [-0.15, -0.1) is 0 Å². The van der Waals surface area contributed by atoms with Crippen molar-refractivity contribution in [1.82, 2.24) is 9.80 Å². The Bertz CT molecular complexity index is 1230. The molecule has 190 valence electrons. The number of hydrogen-bond donors (Lipinski definition) is 1. The summed E-state index contributed by atoms with van der Waals surface area (Å²) in [6.45, 7) is 5.71. The molecule has 2 bridgehead atoms. The number of fused-ring (bicyclic) bond motifs is 1. The third-order valence-corrected chi connectivity index (χ3v) is 7.91. The van der Waals surface area contributed by atoms with Crippen LogP contribution in [-0.4, -0.2) is 71.7 Å². The summed E-state index contributed by atoms with van der Waals surface area (Å²) >= 11 is 14.4. The largest absolute Gasteiger partial charge is 0.491 e. The number of piperazine rings is 1. The van der Waals surface area contributed by atoms with E-state index < -0.39 is 5.25 Å². The van der Waals surface area contributed by atoms with Gasteiger partial charge < -0.3 is 15.4 Å². The van der Waals surface area contributed by atoms with Crippen molar-refractivity contribution in [1.29, 1.82) is 0 Å². The quantitative estimate of drug-likeness (QED) is 0.398. The first-order valence-corrected chi connectivity index (χ1v) is 12.9. The van der Waals surface area contributed by atoms with Crippen molar-refractivity contribution in [2.75, 3.05) is 33.3 Å². The van der Waals surface area contributed by atoms with Crippen molar-refractivity contribution in [3.05, 3.63) is 69.6 Å². The number of aliphatic imine (C=N–C) groups is 1. The highest BCUT2D eigenvalue weighted by atomic mass is 35.5. The van der Waals surface area contributed by atoms with Gasteiger partial charge in [-0.3, -0.25) is 14.5 Å². The molecule has 0 spiro atoms. The molecule has 0 aromatic heterocycles. The summed E-state index contributed by atoms with van der Waals surface area (Å²) in [6.07, 6.45) is 7.06. The third kappa shape index (κ3) is 5.39. The molecule has 2 N–H and O–H groups in total. The molecule has 2 unspecified atom stereocenters. The molecule has 1 aliphatic carbocycles. The number of carbonyl (C=O) groups excluding carboxylic acids is 2. The molecular formula is C25H25Cl2FN4O3S. The normalized spacial score (nSPS) is 22.1. The van der Waals surface area contributed by atoms with Gasteiger partial charge in [-0.1, -0.05) is 41.5 Å². The minimum absolute atomic E-state index is 0.0599. The highest BCUT2D eigenvalue weighted by Crippen LogP contribution is 2.45. The SMILES string of the molecule is C=CC(=O)N1CCN(C)C(CCOc2c(C=O)cc(Cl)c(C3=CC=C(F)C4C=C3N=C(N)S4)c2Cl)C1. The Hall–Kier alpha value is -2.59. The molecule has 1 saturated heterocycles. The number of hydrogen-bond acceptors (Lipinski definition) is 7. The second-order valence-electron chi connectivity index (χ2n) is 8.52. The number of carbonyl (C=O) groups is 2. The van der Waals surface area contributed by atoms with E-state index >= 15 is 0 Å². The van der Waals surface area contributed by atoms with Crippen molar-refractivity contribution in [3.8, 4) is 5.75 Å². The average molecular weight is 551 g/mol. The summed E-state index contributed by atoms with van der Waals surface area (Å²) in [5.41, 5.74) is 7.38. The van der Waals surface area contributed by atoms with Crippen LogP contribution in [-0.2, 0) is 4.79 Å². The Morgan fingerprint density at radius 1 is 1.39 bits per heavy atom. The Morgan fingerprint density at radius 2 is 2.17 bits per heavy atom. The predicted molar refractivity (Wildman–Crippen MR) is 143 cm³/mol. The van der Waals surface area contributed by atoms with Crippen molar-refractivity contribution in [3.63, 3.8) is 0 Å². The van der Waals surface area contributed by atoms with Crippen LogP contribution in [0.15, 0.2) is 53.5 Å². The molecule has 2 heterocycles. The van der Waals surface area contributed by atoms with Gasteiger partial charge in [0.2, 0.25) is 5.91 Å². The Labute approximate surface area is 223 Å². The first kappa shape index (κ1) is 26.5. The van der Waals surface area contributed by atoms with E-state index in [1.807, 2.05) is 7.05 Å². The van der Waals surface area contributed by atoms with Gasteiger partial charge in [0.05, 0.1) is 33.2 Å². The van der Waals surface area contributed by atoms with Gasteiger partial charge in [0, 0.05) is 36.8 Å². The highest BCUT2D eigenvalue weighted by Gasteiger charge is 2.29. The van der Waals surface area contributed by atoms with Crippen LogP contribution in [0.2, 0.25) is 10.0 Å². The van der Waals surface area contributed by atoms with Gasteiger partial charge >= 0.3 is 0 Å². The number of thioether (sulfide) groups is 1. The average Bonchev–Trinajstić information content (AvgIpc) is 2.96. The van der Waals surface area contributed by atoms with Crippen LogP contribution in [0.5, 0.6) is 5.75 Å². The fourth-order valence-electron chi connectivity index (χ4n) is 4.31. The molecule has 36 heavy (non-hydrogen) atoms. The fraction of sp³-hybridized carbons (Fsp3) is 0.320. The molecule has 0 saturated carbocycles. The van der Waals surface area contributed by atoms with E-state index in [1.54, 1.807) is 17.1 Å². The Balaban J connectivity index is 1.60. The monoisotopic (exact) mass is 550 g/mol. The molecule has 3 aliphatic rings. The summed E-state index contributed by atoms with van der Waals surface area (Å²) in [6, 6.07) is 1.53. The van der Waals surface area contributed by atoms with Crippen LogP contribution in [0, 0.1) is 0 Å². The molecular weight excluding hydrogens is 526 g/mol. The molecule has 0 radical (unpaired) electrons. The van der Waals surface area contributed by atoms with Crippen LogP contribution in [0.4, 0.5) is 4.39 Å². The van der Waals surface area contributed by atoms with Crippen molar-refractivity contribution < 1.29 is 18.7 Å². The van der Waals surface area contributed by atoms with E-state index in [0.29, 0.717) is 42.6 Å². The number of rotatable bonds is 7. The highest BCUT2D eigenvalue weighted by molar-refractivity contribution is 8.14. The van der Waals surface area contributed by atoms with E-state index in [4.69, 9.17) is 33.7 Å². The number of aldehydes is 1. The summed E-state index contributed by atoms with van der Waals surface area (Å²) in [4.78, 5) is 32.1. The number of ether oxygens (including phenoxy) is 1. The summed E-state index contributed by atoms with van der Waals surface area (Å²) in [5.74, 6) is -0.303. The van der Waals surface area contributed by atoms with Crippen LogP contribution in [0.25, 0.3) is 5.57 Å². The zero-order valence-electron chi connectivity index (χ0n) is 19.5. The fourth-order valence-corrected chi connectivity index (χ4v) is 5.84.